The Balaban J connectivity index is 1.46. The molecule has 1 heterocycles. The molecule has 1 aromatic heterocycles. The first-order valence-corrected chi connectivity index (χ1v) is 9.84. The highest BCUT2D eigenvalue weighted by Gasteiger charge is 2.20. The van der Waals surface area contributed by atoms with E-state index in [4.69, 9.17) is 4.74 Å². The number of fused-ring (bicyclic) bond motifs is 1. The average Bonchev–Trinajstić information content (AvgIpc) is 2.72. The maximum absolute atomic E-state index is 12.4. The zero-order valence-corrected chi connectivity index (χ0v) is 16.1. The van der Waals surface area contributed by atoms with Crippen molar-refractivity contribution in [1.82, 2.24) is 20.3 Å². The van der Waals surface area contributed by atoms with E-state index in [1.807, 2.05) is 0 Å². The summed E-state index contributed by atoms with van der Waals surface area (Å²) in [5.41, 5.74) is 0.200. The minimum atomic E-state index is -0.865. The Hall–Kier alpha value is -2.77. The van der Waals surface area contributed by atoms with Crippen LogP contribution in [0.1, 0.15) is 45.4 Å². The molecule has 8 heteroatoms. The molecule has 150 valence electrons. The monoisotopic (exact) mass is 386 g/mol. The van der Waals surface area contributed by atoms with Crippen molar-refractivity contribution in [1.29, 1.82) is 0 Å². The second-order valence-electron chi connectivity index (χ2n) is 7.27. The predicted octanol–water partition coefficient (Wildman–Crippen LogP) is 1.81. The molecule has 1 aliphatic carbocycles. The van der Waals surface area contributed by atoms with Crippen LogP contribution < -0.4 is 10.9 Å². The SMILES string of the molecule is CC(OC(=O)CCn1nnc2ccccc2c1=O)C(=O)NCC1CCCCC1. The van der Waals surface area contributed by atoms with Crippen LogP contribution in [-0.2, 0) is 20.9 Å². The van der Waals surface area contributed by atoms with Crippen molar-refractivity contribution >= 4 is 22.8 Å². The van der Waals surface area contributed by atoms with Crippen LogP contribution in [0.25, 0.3) is 10.9 Å². The summed E-state index contributed by atoms with van der Waals surface area (Å²) in [5, 5.41) is 11.1. The van der Waals surface area contributed by atoms with Crippen LogP contribution in [0.5, 0.6) is 0 Å². The topological polar surface area (TPSA) is 103 Å². The Labute approximate surface area is 163 Å². The molecule has 1 fully saturated rings. The van der Waals surface area contributed by atoms with Gasteiger partial charge in [0.15, 0.2) is 6.10 Å². The fourth-order valence-electron chi connectivity index (χ4n) is 3.46. The van der Waals surface area contributed by atoms with E-state index < -0.39 is 12.1 Å². The lowest BCUT2D eigenvalue weighted by Crippen LogP contribution is -2.39. The van der Waals surface area contributed by atoms with Gasteiger partial charge in [-0.25, -0.2) is 4.68 Å². The standard InChI is InChI=1S/C20H26N4O4/c1-14(19(26)21-13-15-7-3-2-4-8-15)28-18(25)11-12-24-20(27)16-9-5-6-10-17(16)22-23-24/h5-6,9-10,14-15H,2-4,7-8,11-13H2,1H3,(H,21,26). The average molecular weight is 386 g/mol. The molecule has 0 spiro atoms. The van der Waals surface area contributed by atoms with Crippen LogP contribution in [0.4, 0.5) is 0 Å². The first kappa shape index (κ1) is 20.0. The fourth-order valence-corrected chi connectivity index (χ4v) is 3.46. The number of nitrogens with one attached hydrogen (secondary N) is 1. The molecule has 2 aromatic rings. The molecule has 28 heavy (non-hydrogen) atoms. The molecule has 1 N–H and O–H groups in total. The Bertz CT molecular complexity index is 889. The molecule has 0 aliphatic heterocycles. The van der Waals surface area contributed by atoms with Crippen molar-refractivity contribution in [2.24, 2.45) is 5.92 Å². The number of carbonyl (C=O) groups excluding carboxylic acids is 2. The van der Waals surface area contributed by atoms with Crippen molar-refractivity contribution in [3.63, 3.8) is 0 Å². The Morgan fingerprint density at radius 3 is 2.79 bits per heavy atom. The molecule has 1 saturated carbocycles. The number of hydrogen-bond acceptors (Lipinski definition) is 6. The van der Waals surface area contributed by atoms with E-state index >= 15 is 0 Å². The number of carbonyl (C=O) groups is 2. The maximum atomic E-state index is 12.4. The number of hydrogen-bond donors (Lipinski definition) is 1. The van der Waals surface area contributed by atoms with Crippen molar-refractivity contribution in [2.75, 3.05) is 6.54 Å². The van der Waals surface area contributed by atoms with Gasteiger partial charge in [-0.15, -0.1) is 5.10 Å². The summed E-state index contributed by atoms with van der Waals surface area (Å²) in [7, 11) is 0. The summed E-state index contributed by atoms with van der Waals surface area (Å²) >= 11 is 0. The fraction of sp³-hybridized carbons (Fsp3) is 0.550. The van der Waals surface area contributed by atoms with Gasteiger partial charge in [-0.1, -0.05) is 36.6 Å². The van der Waals surface area contributed by atoms with Gasteiger partial charge in [0, 0.05) is 6.54 Å². The third-order valence-electron chi connectivity index (χ3n) is 5.12. The first-order valence-electron chi connectivity index (χ1n) is 9.84. The molecule has 1 amide bonds. The number of ether oxygens (including phenoxy) is 1. The third-order valence-corrected chi connectivity index (χ3v) is 5.12. The number of rotatable bonds is 7. The number of benzene rings is 1. The second-order valence-corrected chi connectivity index (χ2v) is 7.27. The zero-order chi connectivity index (χ0) is 19.9. The molecular formula is C20H26N4O4. The first-order chi connectivity index (χ1) is 13.5. The minimum Gasteiger partial charge on any atom is -0.452 e. The summed E-state index contributed by atoms with van der Waals surface area (Å²) in [5.74, 6) is -0.331. The lowest BCUT2D eigenvalue weighted by atomic mass is 9.89. The largest absolute Gasteiger partial charge is 0.452 e. The van der Waals surface area contributed by atoms with Gasteiger partial charge in [-0.2, -0.15) is 0 Å². The van der Waals surface area contributed by atoms with E-state index in [0.29, 0.717) is 23.4 Å². The van der Waals surface area contributed by atoms with E-state index in [2.05, 4.69) is 15.6 Å². The van der Waals surface area contributed by atoms with Gasteiger partial charge in [0.25, 0.3) is 11.5 Å². The molecule has 1 aromatic carbocycles. The number of esters is 1. The highest BCUT2D eigenvalue weighted by Crippen LogP contribution is 2.22. The molecule has 0 saturated heterocycles. The van der Waals surface area contributed by atoms with Gasteiger partial charge in [-0.05, 0) is 37.8 Å². The van der Waals surface area contributed by atoms with E-state index in [1.165, 1.54) is 19.3 Å². The normalized spacial score (nSPS) is 15.9. The van der Waals surface area contributed by atoms with Crippen molar-refractivity contribution < 1.29 is 14.3 Å². The quantitative estimate of drug-likeness (QED) is 0.728. The second kappa shape index (κ2) is 9.43. The van der Waals surface area contributed by atoms with Gasteiger partial charge >= 0.3 is 5.97 Å². The number of aromatic nitrogens is 3. The van der Waals surface area contributed by atoms with Crippen LogP contribution in [0.15, 0.2) is 29.1 Å². The van der Waals surface area contributed by atoms with Crippen molar-refractivity contribution in [3.05, 3.63) is 34.6 Å². The number of aryl methyl sites for hydroxylation is 1. The molecule has 0 bridgehead atoms. The summed E-state index contributed by atoms with van der Waals surface area (Å²) in [6.45, 7) is 2.23. The van der Waals surface area contributed by atoms with Crippen LogP contribution in [-0.4, -0.2) is 39.5 Å². The van der Waals surface area contributed by atoms with Crippen molar-refractivity contribution in [2.45, 2.75) is 58.1 Å². The Kier molecular flexibility index (Phi) is 6.73. The number of nitrogens with zero attached hydrogens (tertiary/aromatic N) is 3. The third kappa shape index (κ3) is 5.15. The molecule has 1 unspecified atom stereocenters. The van der Waals surface area contributed by atoms with E-state index in [1.54, 1.807) is 31.2 Å². The van der Waals surface area contributed by atoms with Crippen molar-refractivity contribution in [3.8, 4) is 0 Å². The molecule has 8 nitrogen and oxygen atoms in total. The molecule has 1 aliphatic rings. The maximum Gasteiger partial charge on any atom is 0.308 e. The Morgan fingerprint density at radius 1 is 1.25 bits per heavy atom. The van der Waals surface area contributed by atoms with Gasteiger partial charge < -0.3 is 10.1 Å². The highest BCUT2D eigenvalue weighted by atomic mass is 16.5. The van der Waals surface area contributed by atoms with E-state index in [-0.39, 0.29) is 24.4 Å². The smallest absolute Gasteiger partial charge is 0.308 e. The van der Waals surface area contributed by atoms with Gasteiger partial charge in [0.2, 0.25) is 0 Å². The zero-order valence-electron chi connectivity index (χ0n) is 16.1. The Morgan fingerprint density at radius 2 is 2.00 bits per heavy atom. The summed E-state index contributed by atoms with van der Waals surface area (Å²) in [4.78, 5) is 36.5. The predicted molar refractivity (Wildman–Crippen MR) is 104 cm³/mol. The van der Waals surface area contributed by atoms with Crippen LogP contribution >= 0.6 is 0 Å². The van der Waals surface area contributed by atoms with E-state index in [0.717, 1.165) is 17.5 Å². The van der Waals surface area contributed by atoms with E-state index in [9.17, 15) is 14.4 Å². The van der Waals surface area contributed by atoms with Gasteiger partial charge in [0.05, 0.1) is 18.4 Å². The molecular weight excluding hydrogens is 360 g/mol. The van der Waals surface area contributed by atoms with Gasteiger partial charge in [-0.3, -0.25) is 14.4 Å². The molecule has 1 atom stereocenters. The number of amides is 1. The highest BCUT2D eigenvalue weighted by molar-refractivity contribution is 5.83. The molecule has 0 radical (unpaired) electrons. The summed E-state index contributed by atoms with van der Waals surface area (Å²) in [6.07, 6.45) is 5.03. The van der Waals surface area contributed by atoms with Gasteiger partial charge in [0.1, 0.15) is 5.52 Å². The summed E-state index contributed by atoms with van der Waals surface area (Å²) in [6, 6.07) is 6.90. The van der Waals surface area contributed by atoms with Crippen LogP contribution in [0.3, 0.4) is 0 Å². The minimum absolute atomic E-state index is 0.0475. The van der Waals surface area contributed by atoms with Crippen LogP contribution in [0.2, 0.25) is 0 Å². The lowest BCUT2D eigenvalue weighted by molar-refractivity contribution is -0.155. The summed E-state index contributed by atoms with van der Waals surface area (Å²) < 4.78 is 6.32. The lowest BCUT2D eigenvalue weighted by Gasteiger charge is -2.22. The molecule has 3 rings (SSSR count). The van der Waals surface area contributed by atoms with Crippen LogP contribution in [0, 0.1) is 5.92 Å².